The minimum atomic E-state index is -0.678. The number of rotatable bonds is 10. The van der Waals surface area contributed by atoms with Crippen molar-refractivity contribution in [1.29, 1.82) is 0 Å². The van der Waals surface area contributed by atoms with E-state index in [2.05, 4.69) is 21.3 Å². The Bertz CT molecular complexity index is 1630. The molecule has 0 bridgehead atoms. The van der Waals surface area contributed by atoms with Gasteiger partial charge in [-0.2, -0.15) is 0 Å². The molecule has 0 spiro atoms. The average molecular weight is 676 g/mol. The summed E-state index contributed by atoms with van der Waals surface area (Å²) in [6, 6.07) is 18.5. The van der Waals surface area contributed by atoms with E-state index in [1.807, 2.05) is 0 Å². The second-order valence-corrected chi connectivity index (χ2v) is 13.3. The van der Waals surface area contributed by atoms with Crippen LogP contribution in [0.2, 0.25) is 0 Å². The smallest absolute Gasteiger partial charge is 0.412 e. The molecule has 4 rings (SSSR count). The van der Waals surface area contributed by atoms with Gasteiger partial charge in [-0.15, -0.1) is 0 Å². The molecule has 0 saturated heterocycles. The number of anilines is 3. The zero-order chi connectivity index (χ0) is 35.6. The molecule has 1 aliphatic rings. The molecule has 4 N–H and O–H groups in total. The number of nitrogens with one attached hydrogen (secondary N) is 4. The topological polar surface area (TPSA) is 157 Å². The highest BCUT2D eigenvalue weighted by Gasteiger charge is 2.20. The molecular formula is C36H45N5O8. The largest absolute Gasteiger partial charge is 0.486 e. The van der Waals surface area contributed by atoms with Gasteiger partial charge >= 0.3 is 18.2 Å². The quantitative estimate of drug-likeness (QED) is 0.167. The van der Waals surface area contributed by atoms with Crippen molar-refractivity contribution in [3.8, 4) is 11.5 Å². The van der Waals surface area contributed by atoms with Crippen molar-refractivity contribution in [1.82, 2.24) is 10.2 Å². The van der Waals surface area contributed by atoms with Gasteiger partial charge < -0.3 is 39.8 Å². The zero-order valence-corrected chi connectivity index (χ0v) is 28.8. The molecule has 0 fully saturated rings. The maximum atomic E-state index is 13.5. The number of benzene rings is 3. The molecule has 262 valence electrons. The van der Waals surface area contributed by atoms with E-state index in [4.69, 9.17) is 18.9 Å². The maximum absolute atomic E-state index is 13.5. The van der Waals surface area contributed by atoms with Gasteiger partial charge in [-0.1, -0.05) is 24.3 Å². The number of nitrogens with zero attached hydrogens (tertiary/aromatic N) is 1. The van der Waals surface area contributed by atoms with Gasteiger partial charge in [0.2, 0.25) is 0 Å². The predicted octanol–water partition coefficient (Wildman–Crippen LogP) is 7.01. The van der Waals surface area contributed by atoms with Gasteiger partial charge in [0, 0.05) is 37.0 Å². The van der Waals surface area contributed by atoms with Gasteiger partial charge in [0.05, 0.1) is 11.4 Å². The number of amides is 5. The lowest BCUT2D eigenvalue weighted by Crippen LogP contribution is -2.38. The Balaban J connectivity index is 1.41. The lowest BCUT2D eigenvalue weighted by atomic mass is 10.1. The Kier molecular flexibility index (Phi) is 11.9. The van der Waals surface area contributed by atoms with Crippen molar-refractivity contribution in [2.24, 2.45) is 0 Å². The minimum Gasteiger partial charge on any atom is -0.486 e. The van der Waals surface area contributed by atoms with Gasteiger partial charge in [0.15, 0.2) is 11.5 Å². The predicted molar refractivity (Wildman–Crippen MR) is 186 cm³/mol. The molecule has 13 heteroatoms. The second-order valence-electron chi connectivity index (χ2n) is 13.3. The Morgan fingerprint density at radius 2 is 1.35 bits per heavy atom. The van der Waals surface area contributed by atoms with Crippen LogP contribution < -0.4 is 30.7 Å². The van der Waals surface area contributed by atoms with Crippen LogP contribution in [0.1, 0.15) is 63.9 Å². The standard InChI is InChI=1S/C36H45N5O8/c1-35(2,3)48-33(44)37-18-9-19-41(32(43)38-26-16-17-29-30(22-26)47-21-20-46-29)23-24-12-14-25(15-13-24)31(42)39-27-10-7-8-11-28(27)40-34(45)49-36(4,5)6/h7-8,10-17,22H,9,18-21,23H2,1-6H3,(H,37,44)(H,38,43)(H,39,42)(H,40,45). The van der Waals surface area contributed by atoms with Gasteiger partial charge in [0.1, 0.15) is 24.4 Å². The van der Waals surface area contributed by atoms with Crippen LogP contribution in [0, 0.1) is 0 Å². The van der Waals surface area contributed by atoms with Crippen molar-refractivity contribution in [2.45, 2.75) is 65.7 Å². The Morgan fingerprint density at radius 1 is 0.735 bits per heavy atom. The number of carbonyl (C=O) groups is 4. The molecule has 3 aromatic carbocycles. The van der Waals surface area contributed by atoms with Crippen LogP contribution in [0.15, 0.2) is 66.7 Å². The summed E-state index contributed by atoms with van der Waals surface area (Å²) in [7, 11) is 0. The first-order valence-corrected chi connectivity index (χ1v) is 16.1. The number of carbonyl (C=O) groups excluding carboxylic acids is 4. The third-order valence-electron chi connectivity index (χ3n) is 6.75. The number of fused-ring (bicyclic) bond motifs is 1. The summed E-state index contributed by atoms with van der Waals surface area (Å²) < 4.78 is 21.9. The Hall–Kier alpha value is -5.46. The number of para-hydroxylation sites is 2. The number of hydrogen-bond acceptors (Lipinski definition) is 8. The molecule has 13 nitrogen and oxygen atoms in total. The van der Waals surface area contributed by atoms with E-state index < -0.39 is 23.4 Å². The van der Waals surface area contributed by atoms with Gasteiger partial charge in [-0.25, -0.2) is 14.4 Å². The summed E-state index contributed by atoms with van der Waals surface area (Å²) in [5.74, 6) is 0.780. The molecule has 0 radical (unpaired) electrons. The fourth-order valence-electron chi connectivity index (χ4n) is 4.64. The second kappa shape index (κ2) is 16.1. The third-order valence-corrected chi connectivity index (χ3v) is 6.75. The first-order valence-electron chi connectivity index (χ1n) is 16.1. The van der Waals surface area contributed by atoms with E-state index in [0.717, 1.165) is 5.56 Å². The number of alkyl carbamates (subject to hydrolysis) is 1. The summed E-state index contributed by atoms with van der Waals surface area (Å²) >= 11 is 0. The fraction of sp³-hybridized carbons (Fsp3) is 0.389. The molecule has 1 aliphatic heterocycles. The summed E-state index contributed by atoms with van der Waals surface area (Å²) in [6.07, 6.45) is -0.705. The van der Waals surface area contributed by atoms with E-state index in [1.54, 1.807) is 113 Å². The van der Waals surface area contributed by atoms with Crippen molar-refractivity contribution in [3.63, 3.8) is 0 Å². The number of ether oxygens (including phenoxy) is 4. The molecule has 0 aromatic heterocycles. The van der Waals surface area contributed by atoms with E-state index in [9.17, 15) is 19.2 Å². The lowest BCUT2D eigenvalue weighted by molar-refractivity contribution is 0.0525. The Labute approximate surface area is 286 Å². The Morgan fingerprint density at radius 3 is 2.00 bits per heavy atom. The summed E-state index contributed by atoms with van der Waals surface area (Å²) in [5, 5.41) is 11.1. The molecule has 3 aromatic rings. The van der Waals surface area contributed by atoms with Crippen LogP contribution in [-0.2, 0) is 16.0 Å². The molecule has 0 unspecified atom stereocenters. The first-order chi connectivity index (χ1) is 23.1. The van der Waals surface area contributed by atoms with Crippen LogP contribution in [-0.4, -0.2) is 66.5 Å². The molecule has 0 saturated carbocycles. The van der Waals surface area contributed by atoms with E-state index in [0.29, 0.717) is 66.8 Å². The number of urea groups is 1. The highest BCUT2D eigenvalue weighted by Crippen LogP contribution is 2.32. The van der Waals surface area contributed by atoms with E-state index in [-0.39, 0.29) is 18.5 Å². The van der Waals surface area contributed by atoms with Crippen molar-refractivity contribution < 1.29 is 38.1 Å². The van der Waals surface area contributed by atoms with Crippen molar-refractivity contribution >= 4 is 41.2 Å². The van der Waals surface area contributed by atoms with Crippen molar-refractivity contribution in [2.75, 3.05) is 42.3 Å². The fourth-order valence-corrected chi connectivity index (χ4v) is 4.64. The minimum absolute atomic E-state index is 0.230. The van der Waals surface area contributed by atoms with E-state index in [1.165, 1.54) is 0 Å². The van der Waals surface area contributed by atoms with E-state index >= 15 is 0 Å². The summed E-state index contributed by atoms with van der Waals surface area (Å²) in [6.45, 7) is 12.4. The molecule has 1 heterocycles. The average Bonchev–Trinajstić information content (AvgIpc) is 3.02. The van der Waals surface area contributed by atoms with Crippen LogP contribution in [0.25, 0.3) is 0 Å². The monoisotopic (exact) mass is 675 g/mol. The molecule has 5 amide bonds. The molecule has 49 heavy (non-hydrogen) atoms. The van der Waals surface area contributed by atoms with Crippen LogP contribution in [0.3, 0.4) is 0 Å². The van der Waals surface area contributed by atoms with Gasteiger partial charge in [-0.3, -0.25) is 10.1 Å². The zero-order valence-electron chi connectivity index (χ0n) is 28.8. The third kappa shape index (κ3) is 11.9. The van der Waals surface area contributed by atoms with Crippen LogP contribution >= 0.6 is 0 Å². The van der Waals surface area contributed by atoms with Crippen LogP contribution in [0.4, 0.5) is 31.4 Å². The molecular weight excluding hydrogens is 630 g/mol. The summed E-state index contributed by atoms with van der Waals surface area (Å²) in [5.41, 5.74) is 1.20. The SMILES string of the molecule is CC(C)(C)OC(=O)NCCCN(Cc1ccc(C(=O)Nc2ccccc2NC(=O)OC(C)(C)C)cc1)C(=O)Nc1ccc2c(c1)OCCO2. The lowest BCUT2D eigenvalue weighted by Gasteiger charge is -2.25. The first kappa shape index (κ1) is 36.4. The van der Waals surface area contributed by atoms with Crippen LogP contribution in [0.5, 0.6) is 11.5 Å². The van der Waals surface area contributed by atoms with Gasteiger partial charge in [-0.05, 0) is 89.9 Å². The molecule has 0 aliphatic carbocycles. The van der Waals surface area contributed by atoms with Gasteiger partial charge in [0.25, 0.3) is 5.91 Å². The highest BCUT2D eigenvalue weighted by atomic mass is 16.6. The normalized spacial score (nSPS) is 12.3. The highest BCUT2D eigenvalue weighted by molar-refractivity contribution is 6.06. The molecule has 0 atom stereocenters. The number of hydrogen-bond donors (Lipinski definition) is 4. The van der Waals surface area contributed by atoms with Crippen molar-refractivity contribution in [3.05, 3.63) is 77.9 Å². The maximum Gasteiger partial charge on any atom is 0.412 e. The summed E-state index contributed by atoms with van der Waals surface area (Å²) in [4.78, 5) is 52.7.